The van der Waals surface area contributed by atoms with Gasteiger partial charge in [-0.2, -0.15) is 4.98 Å². The molecule has 0 aliphatic carbocycles. The van der Waals surface area contributed by atoms with Crippen molar-refractivity contribution in [3.05, 3.63) is 56.5 Å². The molecule has 2 unspecified atom stereocenters. The van der Waals surface area contributed by atoms with Gasteiger partial charge in [-0.05, 0) is 70.6 Å². The highest BCUT2D eigenvalue weighted by Crippen LogP contribution is 2.53. The molecule has 67 heavy (non-hydrogen) atoms. The molecule has 9 rings (SSSR count). The number of H-pyrrole nitrogens is 1. The molecule has 1 amide bonds. The highest BCUT2D eigenvalue weighted by atomic mass is 32.2. The number of hydrogen-bond acceptors (Lipinski definition) is 17. The number of unbranched alkanes of at least 4 members (excludes halogenated alkanes) is 3. The number of fused-ring (bicyclic) bond motifs is 6. The molecule has 5 aliphatic rings. The Labute approximate surface area is 386 Å². The highest BCUT2D eigenvalue weighted by molar-refractivity contribution is 7.85. The fourth-order valence-electron chi connectivity index (χ4n) is 10.1. The zero-order chi connectivity index (χ0) is 47.4. The Kier molecular flexibility index (Phi) is 13.0. The molecule has 2 fully saturated rings. The normalized spacial score (nSPS) is 25.0. The van der Waals surface area contributed by atoms with Gasteiger partial charge in [0.25, 0.3) is 5.56 Å². The van der Waals surface area contributed by atoms with Gasteiger partial charge in [-0.15, -0.1) is 0 Å². The van der Waals surface area contributed by atoms with Crippen LogP contribution >= 0.6 is 7.82 Å². The summed E-state index contributed by atoms with van der Waals surface area (Å²) in [5.41, 5.74) is 7.99. The molecule has 5 aliphatic heterocycles. The summed E-state index contributed by atoms with van der Waals surface area (Å²) in [6.07, 6.45) is 1.59. The van der Waals surface area contributed by atoms with Gasteiger partial charge in [-0.3, -0.25) is 28.2 Å². The third kappa shape index (κ3) is 9.83. The lowest BCUT2D eigenvalue weighted by Gasteiger charge is -2.48. The van der Waals surface area contributed by atoms with E-state index in [0.29, 0.717) is 56.1 Å². The number of phosphoric ester groups is 1. The minimum absolute atomic E-state index is 0.0408. The van der Waals surface area contributed by atoms with E-state index in [0.717, 1.165) is 67.2 Å². The first-order valence-corrected chi connectivity index (χ1v) is 25.9. The SMILES string of the molecule is CC[N+]1=c2cc3c(cc2CCC1)=Nc1cc2c(cc1O3)N(CCCC(=O)NCCCCCCNc1nc3c(=O)[nH]c(N)nc3n1[C@@H]1O[C@@H]3COP(=O)(O)O[C@H]3[C@H]1O)C(C)(C)CC2CS(=O)(=O)[O-]. The Morgan fingerprint density at radius 1 is 1.12 bits per heavy atom. The zero-order valence-electron chi connectivity index (χ0n) is 37.6. The van der Waals surface area contributed by atoms with Crippen LogP contribution in [0.5, 0.6) is 11.5 Å². The number of phosphoric acid groups is 1. The lowest BCUT2D eigenvalue weighted by Crippen LogP contribution is -2.50. The molecular formula is C43H57N10O12PS. The molecule has 7 heterocycles. The molecule has 6 atom stereocenters. The van der Waals surface area contributed by atoms with E-state index in [1.165, 1.54) is 10.1 Å². The first-order chi connectivity index (χ1) is 31.9. The number of ether oxygens (including phenoxy) is 2. The quantitative estimate of drug-likeness (QED) is 0.0357. The van der Waals surface area contributed by atoms with Crippen LogP contribution in [0.2, 0.25) is 0 Å². The second kappa shape index (κ2) is 18.5. The molecule has 24 heteroatoms. The first kappa shape index (κ1) is 47.1. The predicted octanol–water partition coefficient (Wildman–Crippen LogP) is 2.18. The topological polar surface area (TPSA) is 301 Å². The van der Waals surface area contributed by atoms with E-state index < -0.39 is 65.2 Å². The predicted molar refractivity (Wildman–Crippen MR) is 244 cm³/mol. The third-order valence-electron chi connectivity index (χ3n) is 13.2. The molecule has 362 valence electrons. The van der Waals surface area contributed by atoms with Crippen LogP contribution < -0.4 is 46.9 Å². The molecule has 0 saturated carbocycles. The molecule has 2 aromatic heterocycles. The Hall–Kier alpha value is -5.00. The van der Waals surface area contributed by atoms with Gasteiger partial charge in [0.2, 0.25) is 23.2 Å². The Morgan fingerprint density at radius 2 is 1.91 bits per heavy atom. The Bertz CT molecular complexity index is 2950. The van der Waals surface area contributed by atoms with Gasteiger partial charge < -0.3 is 45.3 Å². The van der Waals surface area contributed by atoms with Crippen molar-refractivity contribution >= 4 is 58.3 Å². The number of aliphatic hydroxyl groups excluding tert-OH is 1. The Balaban J connectivity index is 0.783. The summed E-state index contributed by atoms with van der Waals surface area (Å²) in [5.74, 6) is 0.0492. The summed E-state index contributed by atoms with van der Waals surface area (Å²) in [6, 6.07) is 7.91. The number of hydrogen-bond donors (Lipinski definition) is 6. The van der Waals surface area contributed by atoms with Crippen LogP contribution in [0.3, 0.4) is 0 Å². The molecule has 4 aromatic rings. The number of aromatic amines is 1. The number of carbonyl (C=O) groups excluding carboxylic acids is 1. The van der Waals surface area contributed by atoms with Gasteiger partial charge >= 0.3 is 7.82 Å². The molecule has 2 aromatic carbocycles. The van der Waals surface area contributed by atoms with Crippen molar-refractivity contribution in [1.29, 1.82) is 0 Å². The van der Waals surface area contributed by atoms with Crippen LogP contribution in [0.4, 0.5) is 23.3 Å². The lowest BCUT2D eigenvalue weighted by molar-refractivity contribution is -0.121. The smallest absolute Gasteiger partial charge is 0.472 e. The zero-order valence-corrected chi connectivity index (χ0v) is 39.3. The molecule has 7 N–H and O–H groups in total. The average Bonchev–Trinajstić information content (AvgIpc) is 3.77. The van der Waals surface area contributed by atoms with Crippen molar-refractivity contribution < 1.29 is 50.9 Å². The summed E-state index contributed by atoms with van der Waals surface area (Å²) < 4.78 is 74.7. The van der Waals surface area contributed by atoms with Crippen LogP contribution in [0, 0.1) is 0 Å². The number of nitrogens with zero attached hydrogens (tertiary/aromatic N) is 6. The van der Waals surface area contributed by atoms with Crippen LogP contribution in [0.1, 0.15) is 95.4 Å². The number of benzene rings is 2. The van der Waals surface area contributed by atoms with Gasteiger partial charge in [-0.25, -0.2) is 27.5 Å². The number of imidazole rings is 1. The maximum Gasteiger partial charge on any atom is 0.472 e. The van der Waals surface area contributed by atoms with Crippen molar-refractivity contribution in [3.63, 3.8) is 0 Å². The molecule has 22 nitrogen and oxygen atoms in total. The summed E-state index contributed by atoms with van der Waals surface area (Å²) >= 11 is 0. The van der Waals surface area contributed by atoms with Crippen molar-refractivity contribution in [1.82, 2.24) is 29.4 Å². The standard InChI is InChI=1S/C43H57N10O12PS/c1-4-51-15-9-11-24-17-27-31(19-29(24)51)63-32-20-30-26(18-28(32)47-27)25(23-67(59,60)61)21-43(2,3)52(30)16-10-12-34(54)45-13-7-5-6-8-14-46-42-48-35-38(49-41(44)50-39(35)56)53(42)40-36(55)37-33(64-40)22-62-66(57,58)65-37/h17-20,25,33,36-37,40,47,55H,4-16,21-23H2,1-3H3,(H5,44,45,50,54,56,57,58,59,60,61)/t25?,33-,36-,37-,40-/m1/s1. The number of amides is 1. The number of aliphatic hydroxyl groups is 1. The van der Waals surface area contributed by atoms with Gasteiger partial charge in [0.05, 0.1) is 22.8 Å². The maximum absolute atomic E-state index is 13.1. The summed E-state index contributed by atoms with van der Waals surface area (Å²) in [6.45, 7) is 9.17. The number of carbonyl (C=O) groups is 1. The molecule has 2 saturated heterocycles. The van der Waals surface area contributed by atoms with E-state index in [2.05, 4.69) is 54.1 Å². The monoisotopic (exact) mass is 968 g/mol. The van der Waals surface area contributed by atoms with Crippen LogP contribution in [-0.4, -0.2) is 117 Å². The minimum atomic E-state index is -4.54. The third-order valence-corrected chi connectivity index (χ3v) is 15.0. The number of anilines is 3. The van der Waals surface area contributed by atoms with E-state index in [1.54, 1.807) is 0 Å². The van der Waals surface area contributed by atoms with E-state index in [9.17, 15) is 37.1 Å². The van der Waals surface area contributed by atoms with Crippen molar-refractivity contribution in [2.24, 2.45) is 4.99 Å². The number of aryl methyl sites for hydroxylation is 1. The number of aromatic nitrogens is 4. The second-order valence-electron chi connectivity index (χ2n) is 18.4. The molecule has 0 spiro atoms. The van der Waals surface area contributed by atoms with Crippen molar-refractivity contribution in [3.8, 4) is 11.5 Å². The average molecular weight is 969 g/mol. The number of nitrogens with two attached hydrogens (primary N) is 1. The van der Waals surface area contributed by atoms with Crippen molar-refractivity contribution in [2.75, 3.05) is 61.0 Å². The Morgan fingerprint density at radius 3 is 2.69 bits per heavy atom. The van der Waals surface area contributed by atoms with Crippen LogP contribution in [0.15, 0.2) is 34.1 Å². The molecule has 0 bridgehead atoms. The summed E-state index contributed by atoms with van der Waals surface area (Å²) in [5, 5.41) is 19.2. The number of nitrogens with one attached hydrogen (secondary N) is 3. The highest BCUT2D eigenvalue weighted by Gasteiger charge is 2.53. The van der Waals surface area contributed by atoms with E-state index >= 15 is 0 Å². The van der Waals surface area contributed by atoms with E-state index in [-0.39, 0.29) is 42.0 Å². The molecular weight excluding hydrogens is 912 g/mol. The minimum Gasteiger partial charge on any atom is -0.748 e. The lowest BCUT2D eigenvalue weighted by atomic mass is 9.79. The van der Waals surface area contributed by atoms with Crippen LogP contribution in [-0.2, 0) is 39.7 Å². The maximum atomic E-state index is 13.1. The van der Waals surface area contributed by atoms with E-state index in [1.807, 2.05) is 26.0 Å². The first-order valence-electron chi connectivity index (χ1n) is 22.9. The summed E-state index contributed by atoms with van der Waals surface area (Å²) in [4.78, 5) is 53.8. The van der Waals surface area contributed by atoms with Crippen molar-refractivity contribution in [2.45, 2.75) is 115 Å². The molecule has 0 radical (unpaired) electrons. The van der Waals surface area contributed by atoms with Gasteiger partial charge in [0.15, 0.2) is 28.9 Å². The van der Waals surface area contributed by atoms with Gasteiger partial charge in [-0.1, -0.05) is 12.8 Å². The van der Waals surface area contributed by atoms with Gasteiger partial charge in [0, 0.05) is 67.0 Å². The van der Waals surface area contributed by atoms with Crippen LogP contribution in [0.25, 0.3) is 11.2 Å². The summed E-state index contributed by atoms with van der Waals surface area (Å²) in [7, 11) is -8.92. The number of rotatable bonds is 16. The number of nitrogen functional groups attached to an aromatic ring is 1. The van der Waals surface area contributed by atoms with Gasteiger partial charge in [0.1, 0.15) is 42.4 Å². The fraction of sp³-hybridized carbons (Fsp3) is 0.581. The fourth-order valence-corrected chi connectivity index (χ4v) is 11.9. The second-order valence-corrected chi connectivity index (χ2v) is 21.3. The van der Waals surface area contributed by atoms with E-state index in [4.69, 9.17) is 29.2 Å². The largest absolute Gasteiger partial charge is 0.748 e.